The van der Waals surface area contributed by atoms with Crippen molar-refractivity contribution in [2.45, 2.75) is 50.0 Å². The molecule has 4 rings (SSSR count). The van der Waals surface area contributed by atoms with E-state index in [2.05, 4.69) is 10.3 Å². The largest absolute Gasteiger partial charge is 0.361 e. The lowest BCUT2D eigenvalue weighted by atomic mass is 9.94. The third kappa shape index (κ3) is 2.04. The van der Waals surface area contributed by atoms with E-state index in [-0.39, 0.29) is 11.7 Å². The molecule has 110 valence electrons. The highest BCUT2D eigenvalue weighted by atomic mass is 19.1. The average molecular weight is 286 g/mol. The first-order valence-corrected chi connectivity index (χ1v) is 7.77. The van der Waals surface area contributed by atoms with Crippen LogP contribution in [0, 0.1) is 5.82 Å². The van der Waals surface area contributed by atoms with Crippen LogP contribution in [0.4, 0.5) is 4.39 Å². The number of amides is 1. The highest BCUT2D eigenvalue weighted by Crippen LogP contribution is 2.51. The molecule has 2 aromatic rings. The predicted molar refractivity (Wildman–Crippen MR) is 79.6 cm³/mol. The molecule has 1 aromatic carbocycles. The number of nitrogens with one attached hydrogen (secondary N) is 2. The summed E-state index contributed by atoms with van der Waals surface area (Å²) in [6, 6.07) is 5.04. The van der Waals surface area contributed by atoms with Gasteiger partial charge in [-0.2, -0.15) is 0 Å². The molecule has 2 fully saturated rings. The molecule has 4 heteroatoms. The summed E-state index contributed by atoms with van der Waals surface area (Å²) in [5.74, 6) is -0.130. The van der Waals surface area contributed by atoms with Crippen molar-refractivity contribution >= 4 is 16.8 Å². The first kappa shape index (κ1) is 12.9. The van der Waals surface area contributed by atoms with Crippen molar-refractivity contribution in [3.05, 3.63) is 35.8 Å². The molecule has 2 aliphatic rings. The third-order valence-corrected chi connectivity index (χ3v) is 5.03. The van der Waals surface area contributed by atoms with E-state index in [9.17, 15) is 9.18 Å². The first-order chi connectivity index (χ1) is 10.2. The number of H-pyrrole nitrogens is 1. The van der Waals surface area contributed by atoms with E-state index in [4.69, 9.17) is 0 Å². The normalized spacial score (nSPS) is 20.8. The summed E-state index contributed by atoms with van der Waals surface area (Å²) in [7, 11) is 0. The van der Waals surface area contributed by atoms with E-state index >= 15 is 0 Å². The Morgan fingerprint density at radius 2 is 2.05 bits per heavy atom. The molecule has 0 unspecified atom stereocenters. The van der Waals surface area contributed by atoms with Gasteiger partial charge >= 0.3 is 0 Å². The van der Waals surface area contributed by atoms with Crippen LogP contribution in [0.5, 0.6) is 0 Å². The fourth-order valence-electron chi connectivity index (χ4n) is 3.63. The second-order valence-electron chi connectivity index (χ2n) is 6.43. The van der Waals surface area contributed by atoms with Gasteiger partial charge in [-0.3, -0.25) is 4.79 Å². The zero-order valence-electron chi connectivity index (χ0n) is 11.9. The van der Waals surface area contributed by atoms with Gasteiger partial charge in [0.2, 0.25) is 5.91 Å². The number of hydrogen-bond donors (Lipinski definition) is 2. The molecular weight excluding hydrogens is 267 g/mol. The zero-order valence-corrected chi connectivity index (χ0v) is 11.9. The summed E-state index contributed by atoms with van der Waals surface area (Å²) in [5, 5.41) is 4.04. The summed E-state index contributed by atoms with van der Waals surface area (Å²) in [6.45, 7) is 0. The topological polar surface area (TPSA) is 44.9 Å². The van der Waals surface area contributed by atoms with Crippen LogP contribution in [0.2, 0.25) is 0 Å². The van der Waals surface area contributed by atoms with Crippen molar-refractivity contribution in [3.8, 4) is 0 Å². The number of halogens is 1. The van der Waals surface area contributed by atoms with E-state index in [0.29, 0.717) is 6.04 Å². The third-order valence-electron chi connectivity index (χ3n) is 5.03. The van der Waals surface area contributed by atoms with Gasteiger partial charge in [0.15, 0.2) is 0 Å². The fraction of sp³-hybridized carbons (Fsp3) is 0.471. The molecule has 1 heterocycles. The number of carbonyl (C=O) groups excluding carboxylic acids is 1. The highest BCUT2D eigenvalue weighted by molar-refractivity contribution is 5.97. The Kier molecular flexibility index (Phi) is 2.81. The van der Waals surface area contributed by atoms with Crippen LogP contribution in [0.3, 0.4) is 0 Å². The Labute approximate surface area is 122 Å². The van der Waals surface area contributed by atoms with Crippen LogP contribution in [-0.2, 0) is 10.2 Å². The average Bonchev–Trinajstić information content (AvgIpc) is 2.93. The van der Waals surface area contributed by atoms with Gasteiger partial charge in [-0.25, -0.2) is 4.39 Å². The van der Waals surface area contributed by atoms with E-state index in [1.165, 1.54) is 25.0 Å². The van der Waals surface area contributed by atoms with Crippen LogP contribution in [0.25, 0.3) is 10.9 Å². The summed E-state index contributed by atoms with van der Waals surface area (Å²) in [6.07, 6.45) is 8.18. The summed E-state index contributed by atoms with van der Waals surface area (Å²) < 4.78 is 13.5. The van der Waals surface area contributed by atoms with Crippen molar-refractivity contribution in [2.24, 2.45) is 0 Å². The number of aromatic nitrogens is 1. The van der Waals surface area contributed by atoms with Gasteiger partial charge in [0.25, 0.3) is 0 Å². The molecule has 0 atom stereocenters. The fourth-order valence-corrected chi connectivity index (χ4v) is 3.63. The maximum atomic E-state index is 13.5. The van der Waals surface area contributed by atoms with Gasteiger partial charge in [-0.15, -0.1) is 0 Å². The SMILES string of the molecule is O=C(NC1CCCC1)C1(c2c[nH]c3ccc(F)cc23)CC1. The van der Waals surface area contributed by atoms with Crippen LogP contribution in [-0.4, -0.2) is 16.9 Å². The molecular formula is C17H19FN2O. The first-order valence-electron chi connectivity index (χ1n) is 7.77. The standard InChI is InChI=1S/C17H19FN2O/c18-11-5-6-15-13(9-11)14(10-19-15)17(7-8-17)16(21)20-12-3-1-2-4-12/h5-6,9-10,12,19H,1-4,7-8H2,(H,20,21). The molecule has 2 N–H and O–H groups in total. The lowest BCUT2D eigenvalue weighted by Gasteiger charge is -2.19. The molecule has 1 aromatic heterocycles. The lowest BCUT2D eigenvalue weighted by Crippen LogP contribution is -2.40. The summed E-state index contributed by atoms with van der Waals surface area (Å²) in [4.78, 5) is 15.9. The molecule has 0 radical (unpaired) electrons. The second kappa shape index (κ2) is 4.58. The van der Waals surface area contributed by atoms with Crippen molar-refractivity contribution in [3.63, 3.8) is 0 Å². The molecule has 0 spiro atoms. The minimum atomic E-state index is -0.436. The maximum absolute atomic E-state index is 13.5. The van der Waals surface area contributed by atoms with Gasteiger partial charge in [-0.1, -0.05) is 12.8 Å². The van der Waals surface area contributed by atoms with Crippen molar-refractivity contribution in [1.29, 1.82) is 0 Å². The second-order valence-corrected chi connectivity index (χ2v) is 6.43. The smallest absolute Gasteiger partial charge is 0.230 e. The number of aromatic amines is 1. The minimum absolute atomic E-state index is 0.125. The molecule has 2 aliphatic carbocycles. The van der Waals surface area contributed by atoms with Gasteiger partial charge in [0.05, 0.1) is 5.41 Å². The number of fused-ring (bicyclic) bond motifs is 1. The zero-order chi connectivity index (χ0) is 14.4. The molecule has 21 heavy (non-hydrogen) atoms. The van der Waals surface area contributed by atoms with E-state index in [1.807, 2.05) is 6.20 Å². The van der Waals surface area contributed by atoms with Crippen LogP contribution >= 0.6 is 0 Å². The van der Waals surface area contributed by atoms with E-state index in [1.54, 1.807) is 6.07 Å². The molecule has 3 nitrogen and oxygen atoms in total. The minimum Gasteiger partial charge on any atom is -0.361 e. The highest BCUT2D eigenvalue weighted by Gasteiger charge is 2.52. The molecule has 0 aliphatic heterocycles. The Morgan fingerprint density at radius 1 is 1.29 bits per heavy atom. The number of benzene rings is 1. The van der Waals surface area contributed by atoms with Crippen molar-refractivity contribution < 1.29 is 9.18 Å². The Bertz CT molecular complexity index is 696. The Balaban J connectivity index is 1.66. The number of carbonyl (C=O) groups is 1. The van der Waals surface area contributed by atoms with E-state index in [0.717, 1.165) is 42.1 Å². The number of rotatable bonds is 3. The van der Waals surface area contributed by atoms with Gasteiger partial charge in [0.1, 0.15) is 5.82 Å². The molecule has 0 bridgehead atoms. The van der Waals surface area contributed by atoms with Crippen LogP contribution < -0.4 is 5.32 Å². The Hall–Kier alpha value is -1.84. The van der Waals surface area contributed by atoms with Gasteiger partial charge in [-0.05, 0) is 49.4 Å². The molecule has 0 saturated heterocycles. The molecule has 2 saturated carbocycles. The monoisotopic (exact) mass is 286 g/mol. The number of hydrogen-bond acceptors (Lipinski definition) is 1. The van der Waals surface area contributed by atoms with Gasteiger partial charge < -0.3 is 10.3 Å². The van der Waals surface area contributed by atoms with Crippen LogP contribution in [0.15, 0.2) is 24.4 Å². The summed E-state index contributed by atoms with van der Waals surface area (Å²) in [5.41, 5.74) is 1.41. The molecule has 1 amide bonds. The predicted octanol–water partition coefficient (Wildman–Crippen LogP) is 3.40. The van der Waals surface area contributed by atoms with Crippen LogP contribution in [0.1, 0.15) is 44.1 Å². The Morgan fingerprint density at radius 3 is 2.76 bits per heavy atom. The van der Waals surface area contributed by atoms with Crippen molar-refractivity contribution in [1.82, 2.24) is 10.3 Å². The van der Waals surface area contributed by atoms with Crippen molar-refractivity contribution in [2.75, 3.05) is 0 Å². The lowest BCUT2D eigenvalue weighted by molar-refractivity contribution is -0.124. The summed E-state index contributed by atoms with van der Waals surface area (Å²) >= 11 is 0. The quantitative estimate of drug-likeness (QED) is 0.892. The van der Waals surface area contributed by atoms with Gasteiger partial charge in [0, 0.05) is 23.1 Å². The van der Waals surface area contributed by atoms with E-state index < -0.39 is 5.41 Å². The maximum Gasteiger partial charge on any atom is 0.230 e.